The van der Waals surface area contributed by atoms with Crippen LogP contribution in [0.15, 0.2) is 42.0 Å². The van der Waals surface area contributed by atoms with E-state index in [1.807, 2.05) is 24.3 Å². The van der Waals surface area contributed by atoms with Crippen LogP contribution in [0, 0.1) is 28.1 Å². The topological polar surface area (TPSA) is 64.7 Å². The third kappa shape index (κ3) is 4.06. The normalized spacial score (nSPS) is 14.7. The van der Waals surface area contributed by atoms with E-state index >= 15 is 0 Å². The second kappa shape index (κ2) is 7.57. The van der Waals surface area contributed by atoms with Crippen molar-refractivity contribution in [2.75, 3.05) is 0 Å². The van der Waals surface area contributed by atoms with Crippen LogP contribution in [0.5, 0.6) is 0 Å². The molecule has 0 atom stereocenters. The van der Waals surface area contributed by atoms with Crippen LogP contribution in [0.4, 0.5) is 0 Å². The summed E-state index contributed by atoms with van der Waals surface area (Å²) in [6, 6.07) is 13.3. The summed E-state index contributed by atoms with van der Waals surface area (Å²) in [5.74, 6) is -0.0162. The summed E-state index contributed by atoms with van der Waals surface area (Å²) in [5, 5.41) is 18.9. The molecule has 1 aliphatic carbocycles. The summed E-state index contributed by atoms with van der Waals surface area (Å²) in [6.45, 7) is 0. The Labute approximate surface area is 131 Å². The maximum Gasteiger partial charge on any atom is 0.162 e. The van der Waals surface area contributed by atoms with E-state index in [9.17, 15) is 15.3 Å². The van der Waals surface area contributed by atoms with Crippen LogP contribution in [-0.2, 0) is 0 Å². The Morgan fingerprint density at radius 1 is 1.09 bits per heavy atom. The van der Waals surface area contributed by atoms with Gasteiger partial charge in [0.15, 0.2) is 11.2 Å². The van der Waals surface area contributed by atoms with Crippen LogP contribution < -0.4 is 0 Å². The van der Waals surface area contributed by atoms with Gasteiger partial charge in [-0.2, -0.15) is 10.5 Å². The number of hydrogen-bond donors (Lipinski definition) is 0. The van der Waals surface area contributed by atoms with Gasteiger partial charge in [-0.1, -0.05) is 48.4 Å². The van der Waals surface area contributed by atoms with Crippen LogP contribution in [0.25, 0.3) is 0 Å². The predicted molar refractivity (Wildman–Crippen MR) is 84.8 cm³/mol. The van der Waals surface area contributed by atoms with Crippen molar-refractivity contribution in [1.29, 1.82) is 10.5 Å². The average molecular weight is 292 g/mol. The molecule has 0 spiro atoms. The van der Waals surface area contributed by atoms with Crippen molar-refractivity contribution >= 4 is 5.78 Å². The smallest absolute Gasteiger partial charge is 0.162 e. The van der Waals surface area contributed by atoms with Gasteiger partial charge in [0, 0.05) is 12.0 Å². The molecule has 1 saturated carbocycles. The molecule has 3 heteroatoms. The fourth-order valence-electron chi connectivity index (χ4n) is 2.85. The molecule has 0 saturated heterocycles. The van der Waals surface area contributed by atoms with Crippen molar-refractivity contribution in [1.82, 2.24) is 0 Å². The van der Waals surface area contributed by atoms with Gasteiger partial charge in [-0.05, 0) is 32.1 Å². The minimum atomic E-state index is -1.17. The summed E-state index contributed by atoms with van der Waals surface area (Å²) in [6.07, 6.45) is 7.71. The lowest BCUT2D eigenvalue weighted by Gasteiger charge is -2.19. The fourth-order valence-corrected chi connectivity index (χ4v) is 2.85. The fraction of sp³-hybridized carbons (Fsp3) is 0.421. The van der Waals surface area contributed by atoms with E-state index in [0.717, 1.165) is 25.7 Å². The van der Waals surface area contributed by atoms with Gasteiger partial charge in [0.05, 0.1) is 12.1 Å². The highest BCUT2D eigenvalue weighted by molar-refractivity contribution is 5.96. The highest BCUT2D eigenvalue weighted by Gasteiger charge is 2.29. The number of hydrogen-bond acceptors (Lipinski definition) is 3. The first kappa shape index (κ1) is 16.0. The summed E-state index contributed by atoms with van der Waals surface area (Å²) in [7, 11) is 0. The zero-order valence-electron chi connectivity index (χ0n) is 12.7. The van der Waals surface area contributed by atoms with E-state index < -0.39 is 5.41 Å². The molecule has 0 unspecified atom stereocenters. The summed E-state index contributed by atoms with van der Waals surface area (Å²) >= 11 is 0. The first-order valence-corrected chi connectivity index (χ1v) is 7.80. The molecule has 0 aromatic heterocycles. The molecular formula is C19H20N2O. The van der Waals surface area contributed by atoms with Gasteiger partial charge in [-0.3, -0.25) is 4.79 Å². The Morgan fingerprint density at radius 2 is 1.73 bits per heavy atom. The van der Waals surface area contributed by atoms with Crippen molar-refractivity contribution < 1.29 is 4.79 Å². The molecule has 112 valence electrons. The Hall–Kier alpha value is -2.39. The number of nitriles is 2. The lowest BCUT2D eigenvalue weighted by atomic mass is 9.80. The Bertz CT molecular complexity index is 610. The minimum Gasteiger partial charge on any atom is -0.294 e. The maximum absolute atomic E-state index is 12.2. The Kier molecular flexibility index (Phi) is 5.50. The lowest BCUT2D eigenvalue weighted by molar-refractivity contribution is 0.0975. The van der Waals surface area contributed by atoms with Crippen LogP contribution in [0.1, 0.15) is 55.3 Å². The Balaban J connectivity index is 2.07. The SMILES string of the molecule is N#CC(C#N)(C=C1CCCCC1)CCC(=O)c1ccccc1. The van der Waals surface area contributed by atoms with Crippen LogP contribution in [0.2, 0.25) is 0 Å². The van der Waals surface area contributed by atoms with Gasteiger partial charge in [-0.25, -0.2) is 0 Å². The molecule has 1 aromatic rings. The van der Waals surface area contributed by atoms with Gasteiger partial charge >= 0.3 is 0 Å². The summed E-state index contributed by atoms with van der Waals surface area (Å²) in [4.78, 5) is 12.2. The third-order valence-corrected chi connectivity index (χ3v) is 4.19. The van der Waals surface area contributed by atoms with E-state index in [-0.39, 0.29) is 18.6 Å². The van der Waals surface area contributed by atoms with Crippen molar-refractivity contribution in [3.8, 4) is 12.1 Å². The summed E-state index contributed by atoms with van der Waals surface area (Å²) in [5.41, 5.74) is 0.663. The van der Waals surface area contributed by atoms with E-state index in [1.165, 1.54) is 12.0 Å². The maximum atomic E-state index is 12.2. The average Bonchev–Trinajstić information content (AvgIpc) is 2.60. The molecule has 0 amide bonds. The molecule has 1 fully saturated rings. The van der Waals surface area contributed by atoms with Gasteiger partial charge < -0.3 is 0 Å². The van der Waals surface area contributed by atoms with Crippen LogP contribution >= 0.6 is 0 Å². The van der Waals surface area contributed by atoms with Crippen molar-refractivity contribution in [2.45, 2.75) is 44.9 Å². The summed E-state index contributed by atoms with van der Waals surface area (Å²) < 4.78 is 0. The third-order valence-electron chi connectivity index (χ3n) is 4.19. The highest BCUT2D eigenvalue weighted by atomic mass is 16.1. The molecule has 22 heavy (non-hydrogen) atoms. The number of rotatable bonds is 5. The van der Waals surface area contributed by atoms with Crippen molar-refractivity contribution in [3.63, 3.8) is 0 Å². The van der Waals surface area contributed by atoms with Crippen molar-refractivity contribution in [3.05, 3.63) is 47.5 Å². The number of nitrogens with zero attached hydrogens (tertiary/aromatic N) is 2. The molecule has 0 N–H and O–H groups in total. The standard InChI is InChI=1S/C19H20N2O/c20-14-19(15-21,13-16-7-3-1-4-8-16)12-11-18(22)17-9-5-2-6-10-17/h2,5-6,9-10,13H,1,3-4,7-8,11-12H2. The quantitative estimate of drug-likeness (QED) is 0.589. The molecule has 0 heterocycles. The van der Waals surface area contributed by atoms with E-state index in [2.05, 4.69) is 12.1 Å². The largest absolute Gasteiger partial charge is 0.294 e. The molecule has 0 radical (unpaired) electrons. The molecule has 0 aliphatic heterocycles. The number of carbonyl (C=O) groups is 1. The second-order valence-electron chi connectivity index (χ2n) is 5.85. The Morgan fingerprint density at radius 3 is 2.32 bits per heavy atom. The highest BCUT2D eigenvalue weighted by Crippen LogP contribution is 2.31. The first-order chi connectivity index (χ1) is 10.7. The number of allylic oxidation sites excluding steroid dienone is 2. The number of benzene rings is 1. The van der Waals surface area contributed by atoms with Gasteiger partial charge in [-0.15, -0.1) is 0 Å². The number of Topliss-reactive ketones (excluding diaryl/α,β-unsaturated/α-hetero) is 1. The van der Waals surface area contributed by atoms with E-state index in [1.54, 1.807) is 12.1 Å². The molecule has 1 aromatic carbocycles. The second-order valence-corrected chi connectivity index (χ2v) is 5.85. The van der Waals surface area contributed by atoms with Crippen LogP contribution in [-0.4, -0.2) is 5.78 Å². The molecular weight excluding hydrogens is 272 g/mol. The monoisotopic (exact) mass is 292 g/mol. The molecule has 1 aliphatic rings. The number of ketones is 1. The number of carbonyl (C=O) groups excluding carboxylic acids is 1. The van der Waals surface area contributed by atoms with E-state index in [0.29, 0.717) is 5.56 Å². The first-order valence-electron chi connectivity index (χ1n) is 7.80. The van der Waals surface area contributed by atoms with Gasteiger partial charge in [0.1, 0.15) is 0 Å². The predicted octanol–water partition coefficient (Wildman–Crippen LogP) is 4.57. The van der Waals surface area contributed by atoms with E-state index in [4.69, 9.17) is 0 Å². The van der Waals surface area contributed by atoms with Gasteiger partial charge in [0.25, 0.3) is 0 Å². The zero-order valence-corrected chi connectivity index (χ0v) is 12.7. The minimum absolute atomic E-state index is 0.0162. The lowest BCUT2D eigenvalue weighted by Crippen LogP contribution is -2.16. The zero-order chi connectivity index (χ0) is 15.8. The molecule has 3 nitrogen and oxygen atoms in total. The van der Waals surface area contributed by atoms with Crippen molar-refractivity contribution in [2.24, 2.45) is 5.41 Å². The van der Waals surface area contributed by atoms with Crippen LogP contribution in [0.3, 0.4) is 0 Å². The molecule has 0 bridgehead atoms. The van der Waals surface area contributed by atoms with Gasteiger partial charge in [0.2, 0.25) is 0 Å². The molecule has 2 rings (SSSR count).